The summed E-state index contributed by atoms with van der Waals surface area (Å²) in [7, 11) is 0. The number of carbonyl (C=O) groups excluding carboxylic acids is 2. The molecule has 0 fully saturated rings. The quantitative estimate of drug-likeness (QED) is 0.827. The van der Waals surface area contributed by atoms with Crippen LogP contribution in [-0.2, 0) is 13.0 Å². The SMILES string of the molecule is CCCNC(=O)c1nnn(-c2cccc3c2CCN(C(=O)NC(C)C)C3)c1C. The molecule has 0 unspecified atom stereocenters. The summed E-state index contributed by atoms with van der Waals surface area (Å²) in [6, 6.07) is 6.04. The molecule has 0 spiro atoms. The van der Waals surface area contributed by atoms with Crippen LogP contribution in [0.15, 0.2) is 18.2 Å². The topological polar surface area (TPSA) is 92.2 Å². The van der Waals surface area contributed by atoms with Gasteiger partial charge in [0.15, 0.2) is 5.69 Å². The van der Waals surface area contributed by atoms with Crippen molar-refractivity contribution < 1.29 is 9.59 Å². The Balaban J connectivity index is 1.86. The standard InChI is InChI=1S/C20H28N6O2/c1-5-10-21-19(27)18-14(4)26(24-23-18)17-8-6-7-15-12-25(11-9-16(15)17)20(28)22-13(2)3/h6-8,13H,5,9-12H2,1-4H3,(H,21,27)(H,22,28). The lowest BCUT2D eigenvalue weighted by Gasteiger charge is -2.30. The van der Waals surface area contributed by atoms with Crippen LogP contribution in [0.2, 0.25) is 0 Å². The van der Waals surface area contributed by atoms with Gasteiger partial charge >= 0.3 is 6.03 Å². The molecule has 8 heteroatoms. The fraction of sp³-hybridized carbons (Fsp3) is 0.500. The van der Waals surface area contributed by atoms with Crippen molar-refractivity contribution in [1.82, 2.24) is 30.5 Å². The largest absolute Gasteiger partial charge is 0.351 e. The minimum Gasteiger partial charge on any atom is -0.351 e. The molecule has 1 aliphatic heterocycles. The van der Waals surface area contributed by atoms with E-state index in [9.17, 15) is 9.59 Å². The molecule has 1 aromatic heterocycles. The number of benzene rings is 1. The summed E-state index contributed by atoms with van der Waals surface area (Å²) in [5, 5.41) is 14.1. The Morgan fingerprint density at radius 1 is 1.29 bits per heavy atom. The van der Waals surface area contributed by atoms with Crippen molar-refractivity contribution in [3.63, 3.8) is 0 Å². The number of fused-ring (bicyclic) bond motifs is 1. The summed E-state index contributed by atoms with van der Waals surface area (Å²) in [6.45, 7) is 9.57. The average Bonchev–Trinajstić information content (AvgIpc) is 3.05. The van der Waals surface area contributed by atoms with E-state index in [1.54, 1.807) is 4.68 Å². The predicted molar refractivity (Wildman–Crippen MR) is 107 cm³/mol. The second-order valence-corrected chi connectivity index (χ2v) is 7.38. The first-order valence-corrected chi connectivity index (χ1v) is 9.79. The van der Waals surface area contributed by atoms with Gasteiger partial charge in [0.25, 0.3) is 5.91 Å². The highest BCUT2D eigenvalue weighted by Crippen LogP contribution is 2.26. The zero-order valence-corrected chi connectivity index (χ0v) is 17.0. The normalized spacial score (nSPS) is 13.4. The minimum atomic E-state index is -0.202. The van der Waals surface area contributed by atoms with Gasteiger partial charge in [-0.25, -0.2) is 9.48 Å². The van der Waals surface area contributed by atoms with Gasteiger partial charge < -0.3 is 15.5 Å². The first-order valence-electron chi connectivity index (χ1n) is 9.79. The smallest absolute Gasteiger partial charge is 0.317 e. The molecule has 8 nitrogen and oxygen atoms in total. The lowest BCUT2D eigenvalue weighted by molar-refractivity contribution is 0.0948. The maximum Gasteiger partial charge on any atom is 0.317 e. The van der Waals surface area contributed by atoms with Gasteiger partial charge in [0.2, 0.25) is 0 Å². The summed E-state index contributed by atoms with van der Waals surface area (Å²) in [4.78, 5) is 26.4. The molecule has 2 N–H and O–H groups in total. The lowest BCUT2D eigenvalue weighted by Crippen LogP contribution is -2.45. The first kappa shape index (κ1) is 19.9. The van der Waals surface area contributed by atoms with Gasteiger partial charge in [0, 0.05) is 25.7 Å². The summed E-state index contributed by atoms with van der Waals surface area (Å²) in [5.41, 5.74) is 4.21. The van der Waals surface area contributed by atoms with Gasteiger partial charge in [-0.05, 0) is 50.8 Å². The Bertz CT molecular complexity index is 874. The van der Waals surface area contributed by atoms with Crippen LogP contribution in [0.3, 0.4) is 0 Å². The number of nitrogens with zero attached hydrogens (tertiary/aromatic N) is 4. The third-order valence-electron chi connectivity index (χ3n) is 4.81. The zero-order chi connectivity index (χ0) is 20.3. The highest BCUT2D eigenvalue weighted by molar-refractivity contribution is 5.93. The van der Waals surface area contributed by atoms with Gasteiger partial charge in [0.05, 0.1) is 11.4 Å². The first-order chi connectivity index (χ1) is 13.4. The summed E-state index contributed by atoms with van der Waals surface area (Å²) < 4.78 is 1.73. The average molecular weight is 384 g/mol. The number of carbonyl (C=O) groups is 2. The van der Waals surface area contributed by atoms with Crippen LogP contribution in [0.25, 0.3) is 5.69 Å². The number of rotatable bonds is 5. The molecular weight excluding hydrogens is 356 g/mol. The van der Waals surface area contributed by atoms with Crippen LogP contribution < -0.4 is 10.6 Å². The number of amides is 3. The van der Waals surface area contributed by atoms with Gasteiger partial charge in [-0.1, -0.05) is 24.3 Å². The predicted octanol–water partition coefficient (Wildman–Crippen LogP) is 2.19. The van der Waals surface area contributed by atoms with Crippen LogP contribution in [0, 0.1) is 6.92 Å². The molecule has 0 aliphatic carbocycles. The molecule has 2 aromatic rings. The molecule has 1 aliphatic rings. The molecule has 0 radical (unpaired) electrons. The molecule has 0 atom stereocenters. The van der Waals surface area contributed by atoms with Gasteiger partial charge in [-0.15, -0.1) is 5.10 Å². The van der Waals surface area contributed by atoms with Crippen LogP contribution in [0.4, 0.5) is 4.79 Å². The maximum absolute atomic E-state index is 12.3. The molecule has 0 saturated heterocycles. The van der Waals surface area contributed by atoms with E-state index in [2.05, 4.69) is 20.9 Å². The second-order valence-electron chi connectivity index (χ2n) is 7.38. The van der Waals surface area contributed by atoms with E-state index in [0.717, 1.165) is 29.7 Å². The number of hydrogen-bond donors (Lipinski definition) is 2. The highest BCUT2D eigenvalue weighted by Gasteiger charge is 2.25. The van der Waals surface area contributed by atoms with E-state index in [1.165, 1.54) is 0 Å². The molecule has 3 rings (SSSR count). The molecular formula is C20H28N6O2. The van der Waals surface area contributed by atoms with E-state index in [1.807, 2.05) is 50.8 Å². The fourth-order valence-electron chi connectivity index (χ4n) is 3.39. The number of hydrogen-bond acceptors (Lipinski definition) is 4. The molecule has 2 heterocycles. The van der Waals surface area contributed by atoms with Crippen molar-refractivity contribution >= 4 is 11.9 Å². The summed E-state index contributed by atoms with van der Waals surface area (Å²) in [5.74, 6) is -0.202. The summed E-state index contributed by atoms with van der Waals surface area (Å²) in [6.07, 6.45) is 1.60. The van der Waals surface area contributed by atoms with Gasteiger partial charge in [-0.2, -0.15) is 0 Å². The second kappa shape index (κ2) is 8.41. The Kier molecular flexibility index (Phi) is 5.96. The van der Waals surface area contributed by atoms with E-state index in [0.29, 0.717) is 31.0 Å². The van der Waals surface area contributed by atoms with Crippen molar-refractivity contribution in [2.24, 2.45) is 0 Å². The molecule has 3 amide bonds. The van der Waals surface area contributed by atoms with Crippen LogP contribution >= 0.6 is 0 Å². The van der Waals surface area contributed by atoms with E-state index < -0.39 is 0 Å². The Labute approximate surface area is 165 Å². The molecule has 1 aromatic carbocycles. The zero-order valence-electron chi connectivity index (χ0n) is 17.0. The number of nitrogens with one attached hydrogen (secondary N) is 2. The molecule has 150 valence electrons. The fourth-order valence-corrected chi connectivity index (χ4v) is 3.39. The highest BCUT2D eigenvalue weighted by atomic mass is 16.2. The number of urea groups is 1. The minimum absolute atomic E-state index is 0.0436. The van der Waals surface area contributed by atoms with Crippen molar-refractivity contribution in [2.45, 2.75) is 53.1 Å². The maximum atomic E-state index is 12.3. The lowest BCUT2D eigenvalue weighted by atomic mass is 9.98. The van der Waals surface area contributed by atoms with Crippen molar-refractivity contribution in [3.8, 4) is 5.69 Å². The van der Waals surface area contributed by atoms with Crippen molar-refractivity contribution in [3.05, 3.63) is 40.7 Å². The van der Waals surface area contributed by atoms with Crippen LogP contribution in [0.1, 0.15) is 54.5 Å². The Hall–Kier alpha value is -2.90. The Morgan fingerprint density at radius 3 is 2.79 bits per heavy atom. The van der Waals surface area contributed by atoms with Gasteiger partial charge in [0.1, 0.15) is 0 Å². The monoisotopic (exact) mass is 384 g/mol. The van der Waals surface area contributed by atoms with E-state index >= 15 is 0 Å². The van der Waals surface area contributed by atoms with Crippen molar-refractivity contribution in [1.29, 1.82) is 0 Å². The van der Waals surface area contributed by atoms with E-state index in [4.69, 9.17) is 0 Å². The molecule has 0 saturated carbocycles. The van der Waals surface area contributed by atoms with Crippen LogP contribution in [-0.4, -0.2) is 51.0 Å². The van der Waals surface area contributed by atoms with Crippen molar-refractivity contribution in [2.75, 3.05) is 13.1 Å². The molecule has 28 heavy (non-hydrogen) atoms. The number of aromatic nitrogens is 3. The third kappa shape index (κ3) is 4.00. The Morgan fingerprint density at radius 2 is 2.07 bits per heavy atom. The molecule has 0 bridgehead atoms. The van der Waals surface area contributed by atoms with Crippen LogP contribution in [0.5, 0.6) is 0 Å². The summed E-state index contributed by atoms with van der Waals surface area (Å²) >= 11 is 0. The van der Waals surface area contributed by atoms with Gasteiger partial charge in [-0.3, -0.25) is 4.79 Å². The van der Waals surface area contributed by atoms with E-state index in [-0.39, 0.29) is 18.0 Å². The third-order valence-corrected chi connectivity index (χ3v) is 4.81.